The number of aryl methyl sites for hydroxylation is 3. The number of hydrogen-bond donors (Lipinski definition) is 0. The van der Waals surface area contributed by atoms with Crippen LogP contribution in [0.3, 0.4) is 0 Å². The lowest BCUT2D eigenvalue weighted by atomic mass is 10.0. The van der Waals surface area contributed by atoms with Crippen molar-refractivity contribution in [1.29, 1.82) is 0 Å². The van der Waals surface area contributed by atoms with Gasteiger partial charge in [-0.2, -0.15) is 0 Å². The molecule has 0 saturated carbocycles. The van der Waals surface area contributed by atoms with Gasteiger partial charge in [0.2, 0.25) is 0 Å². The summed E-state index contributed by atoms with van der Waals surface area (Å²) in [6.45, 7) is 8.78. The van der Waals surface area contributed by atoms with Crippen LogP contribution in [-0.4, -0.2) is 53.8 Å². The minimum atomic E-state index is -0.0199. The summed E-state index contributed by atoms with van der Waals surface area (Å²) in [5, 5.41) is 9.57. The average Bonchev–Trinajstić information content (AvgIpc) is 2.80. The first-order valence-corrected chi connectivity index (χ1v) is 11.1. The summed E-state index contributed by atoms with van der Waals surface area (Å²) >= 11 is 6.04. The van der Waals surface area contributed by atoms with Crippen LogP contribution < -0.4 is 9.64 Å². The van der Waals surface area contributed by atoms with Crippen molar-refractivity contribution in [2.45, 2.75) is 20.8 Å². The number of ether oxygens (including phenoxy) is 1. The lowest BCUT2D eigenvalue weighted by Crippen LogP contribution is -2.50. The maximum absolute atomic E-state index is 12.6. The van der Waals surface area contributed by atoms with E-state index in [1.54, 1.807) is 12.1 Å². The summed E-state index contributed by atoms with van der Waals surface area (Å²) in [5.41, 5.74) is 5.32. The van der Waals surface area contributed by atoms with Crippen LogP contribution in [0, 0.1) is 20.8 Å². The lowest BCUT2D eigenvalue weighted by Gasteiger charge is -2.35. The van der Waals surface area contributed by atoms with E-state index in [2.05, 4.69) is 47.1 Å². The normalized spacial score (nSPS) is 13.9. The molecular weight excluding hydrogens is 424 g/mol. The second kappa shape index (κ2) is 9.57. The largest absolute Gasteiger partial charge is 0.484 e. The van der Waals surface area contributed by atoms with Gasteiger partial charge in [-0.25, -0.2) is 0 Å². The van der Waals surface area contributed by atoms with Gasteiger partial charge < -0.3 is 14.5 Å². The minimum Gasteiger partial charge on any atom is -0.484 e. The fourth-order valence-electron chi connectivity index (χ4n) is 3.87. The molecule has 1 aliphatic rings. The van der Waals surface area contributed by atoms with E-state index in [0.29, 0.717) is 37.0 Å². The summed E-state index contributed by atoms with van der Waals surface area (Å²) in [5.74, 6) is 1.46. The molecule has 1 aliphatic heterocycles. The van der Waals surface area contributed by atoms with Crippen molar-refractivity contribution < 1.29 is 9.53 Å². The first-order chi connectivity index (χ1) is 15.4. The van der Waals surface area contributed by atoms with Crippen molar-refractivity contribution in [3.8, 4) is 17.0 Å². The van der Waals surface area contributed by atoms with Gasteiger partial charge in [-0.15, -0.1) is 10.2 Å². The highest BCUT2D eigenvalue weighted by Gasteiger charge is 2.22. The van der Waals surface area contributed by atoms with Crippen molar-refractivity contribution in [2.24, 2.45) is 0 Å². The van der Waals surface area contributed by atoms with Crippen LogP contribution >= 0.6 is 11.6 Å². The van der Waals surface area contributed by atoms with Gasteiger partial charge >= 0.3 is 0 Å². The molecule has 4 rings (SSSR count). The van der Waals surface area contributed by atoms with Crippen LogP contribution in [0.15, 0.2) is 48.5 Å². The van der Waals surface area contributed by atoms with E-state index in [-0.39, 0.29) is 12.5 Å². The summed E-state index contributed by atoms with van der Waals surface area (Å²) < 4.78 is 5.65. The number of aromatic nitrogens is 2. The number of piperazine rings is 1. The molecule has 32 heavy (non-hydrogen) atoms. The summed E-state index contributed by atoms with van der Waals surface area (Å²) in [6.07, 6.45) is 0. The number of halogens is 1. The van der Waals surface area contributed by atoms with E-state index >= 15 is 0 Å². The number of carbonyl (C=O) groups excluding carboxylic acids is 1. The summed E-state index contributed by atoms with van der Waals surface area (Å²) in [6, 6.07) is 15.7. The van der Waals surface area contributed by atoms with Gasteiger partial charge in [0, 0.05) is 36.8 Å². The van der Waals surface area contributed by atoms with Gasteiger partial charge in [0.25, 0.3) is 5.91 Å². The molecule has 2 heterocycles. The van der Waals surface area contributed by atoms with Gasteiger partial charge in [-0.05, 0) is 62.2 Å². The predicted molar refractivity (Wildman–Crippen MR) is 127 cm³/mol. The Morgan fingerprint density at radius 1 is 0.938 bits per heavy atom. The van der Waals surface area contributed by atoms with Crippen molar-refractivity contribution in [1.82, 2.24) is 15.1 Å². The van der Waals surface area contributed by atoms with Crippen molar-refractivity contribution in [3.05, 3.63) is 70.2 Å². The van der Waals surface area contributed by atoms with Crippen LogP contribution in [-0.2, 0) is 4.79 Å². The molecule has 3 aromatic rings. The quantitative estimate of drug-likeness (QED) is 0.574. The zero-order chi connectivity index (χ0) is 22.7. The predicted octanol–water partition coefficient (Wildman–Crippen LogP) is 4.45. The third kappa shape index (κ3) is 5.02. The highest BCUT2D eigenvalue weighted by Crippen LogP contribution is 2.24. The second-order valence-corrected chi connectivity index (χ2v) is 8.57. The Bertz CT molecular complexity index is 1110. The molecule has 0 spiro atoms. The van der Waals surface area contributed by atoms with Crippen LogP contribution in [0.4, 0.5) is 5.82 Å². The lowest BCUT2D eigenvalue weighted by molar-refractivity contribution is -0.133. The van der Waals surface area contributed by atoms with Crippen molar-refractivity contribution in [3.63, 3.8) is 0 Å². The third-order valence-electron chi connectivity index (χ3n) is 5.76. The van der Waals surface area contributed by atoms with E-state index in [0.717, 1.165) is 22.6 Å². The topological polar surface area (TPSA) is 58.6 Å². The van der Waals surface area contributed by atoms with Crippen LogP contribution in [0.2, 0.25) is 5.02 Å². The van der Waals surface area contributed by atoms with Crippen molar-refractivity contribution >= 4 is 23.3 Å². The SMILES string of the molecule is Cc1ccc(-c2ccc(N3CCN(C(=O)COc4ccc(Cl)c(C)c4)CC3)nn2)c(C)c1. The molecule has 7 heteroatoms. The van der Waals surface area contributed by atoms with Gasteiger partial charge in [-0.1, -0.05) is 35.4 Å². The maximum atomic E-state index is 12.6. The van der Waals surface area contributed by atoms with Gasteiger partial charge in [-0.3, -0.25) is 4.79 Å². The summed E-state index contributed by atoms with van der Waals surface area (Å²) in [4.78, 5) is 16.5. The molecule has 2 aromatic carbocycles. The molecule has 1 saturated heterocycles. The van der Waals surface area contributed by atoms with Gasteiger partial charge in [0.15, 0.2) is 12.4 Å². The molecule has 1 amide bonds. The molecule has 1 aromatic heterocycles. The van der Waals surface area contributed by atoms with E-state index < -0.39 is 0 Å². The molecule has 166 valence electrons. The standard InChI is InChI=1S/C25H27ClN4O2/c1-17-4-6-21(18(2)14-17)23-8-9-24(28-27-23)29-10-12-30(13-11-29)25(31)16-32-20-5-7-22(26)19(3)15-20/h4-9,14-15H,10-13,16H2,1-3H3. The third-order valence-corrected chi connectivity index (χ3v) is 6.18. The van der Waals surface area contributed by atoms with Crippen LogP contribution in [0.25, 0.3) is 11.3 Å². The molecule has 0 unspecified atom stereocenters. The fourth-order valence-corrected chi connectivity index (χ4v) is 3.98. The smallest absolute Gasteiger partial charge is 0.260 e. The molecule has 0 radical (unpaired) electrons. The Labute approximate surface area is 193 Å². The van der Waals surface area contributed by atoms with Gasteiger partial charge in [0.05, 0.1) is 5.69 Å². The highest BCUT2D eigenvalue weighted by atomic mass is 35.5. The Balaban J connectivity index is 1.31. The number of nitrogens with zero attached hydrogens (tertiary/aromatic N) is 4. The molecule has 0 N–H and O–H groups in total. The maximum Gasteiger partial charge on any atom is 0.260 e. The zero-order valence-electron chi connectivity index (χ0n) is 18.6. The van der Waals surface area contributed by atoms with E-state index in [1.807, 2.05) is 30.0 Å². The molecular formula is C25H27ClN4O2. The first-order valence-electron chi connectivity index (χ1n) is 10.7. The molecule has 0 bridgehead atoms. The number of amides is 1. The zero-order valence-corrected chi connectivity index (χ0v) is 19.4. The van der Waals surface area contributed by atoms with Crippen LogP contribution in [0.5, 0.6) is 5.75 Å². The Morgan fingerprint density at radius 3 is 2.38 bits per heavy atom. The number of carbonyl (C=O) groups is 1. The van der Waals surface area contributed by atoms with E-state index in [1.165, 1.54) is 11.1 Å². The molecule has 1 fully saturated rings. The first kappa shape index (κ1) is 22.1. The molecule has 0 atom stereocenters. The van der Waals surface area contributed by atoms with E-state index in [9.17, 15) is 4.79 Å². The number of rotatable bonds is 5. The Kier molecular flexibility index (Phi) is 6.61. The highest BCUT2D eigenvalue weighted by molar-refractivity contribution is 6.31. The van der Waals surface area contributed by atoms with Crippen LogP contribution in [0.1, 0.15) is 16.7 Å². The average molecular weight is 451 g/mol. The Morgan fingerprint density at radius 2 is 1.72 bits per heavy atom. The number of benzene rings is 2. The number of anilines is 1. The minimum absolute atomic E-state index is 0.0193. The Hall–Kier alpha value is -3.12. The van der Waals surface area contributed by atoms with E-state index in [4.69, 9.17) is 16.3 Å². The molecule has 0 aliphatic carbocycles. The monoisotopic (exact) mass is 450 g/mol. The summed E-state index contributed by atoms with van der Waals surface area (Å²) in [7, 11) is 0. The second-order valence-electron chi connectivity index (χ2n) is 8.16. The molecule has 6 nitrogen and oxygen atoms in total. The van der Waals surface area contributed by atoms with Gasteiger partial charge in [0.1, 0.15) is 5.75 Å². The van der Waals surface area contributed by atoms with Crippen molar-refractivity contribution in [2.75, 3.05) is 37.7 Å². The fraction of sp³-hybridized carbons (Fsp3) is 0.320. The number of hydrogen-bond acceptors (Lipinski definition) is 5.